The zero-order valence-corrected chi connectivity index (χ0v) is 12.5. The van der Waals surface area contributed by atoms with Crippen LogP contribution >= 0.6 is 0 Å². The molecule has 0 aromatic carbocycles. The summed E-state index contributed by atoms with van der Waals surface area (Å²) < 4.78 is 5.59. The lowest BCUT2D eigenvalue weighted by Gasteiger charge is -2.28. The Bertz CT molecular complexity index is 543. The SMILES string of the molecule is CC(C)Nc1ncnc2c1N(C1OC(CO)C(O)C1O)CN2. The van der Waals surface area contributed by atoms with Crippen molar-refractivity contribution in [1.29, 1.82) is 0 Å². The van der Waals surface area contributed by atoms with Crippen molar-refractivity contribution >= 4 is 17.3 Å². The molecule has 1 fully saturated rings. The number of ether oxygens (including phenoxy) is 1. The minimum Gasteiger partial charge on any atom is -0.394 e. The number of nitrogens with zero attached hydrogens (tertiary/aromatic N) is 3. The molecule has 2 aliphatic heterocycles. The van der Waals surface area contributed by atoms with Crippen molar-refractivity contribution in [3.05, 3.63) is 6.33 Å². The maximum absolute atomic E-state index is 10.2. The summed E-state index contributed by atoms with van der Waals surface area (Å²) >= 11 is 0. The third-order valence-corrected chi connectivity index (χ3v) is 3.78. The van der Waals surface area contributed by atoms with Crippen molar-refractivity contribution in [2.45, 2.75) is 44.4 Å². The number of nitrogens with one attached hydrogen (secondary N) is 2. The number of hydrogen-bond donors (Lipinski definition) is 5. The van der Waals surface area contributed by atoms with Crippen LogP contribution in [0.2, 0.25) is 0 Å². The molecule has 0 amide bonds. The van der Waals surface area contributed by atoms with Crippen molar-refractivity contribution in [1.82, 2.24) is 9.97 Å². The van der Waals surface area contributed by atoms with E-state index in [1.165, 1.54) is 6.33 Å². The first-order valence-electron chi connectivity index (χ1n) is 7.27. The van der Waals surface area contributed by atoms with Crippen LogP contribution in [0.5, 0.6) is 0 Å². The van der Waals surface area contributed by atoms with E-state index in [1.54, 1.807) is 4.90 Å². The number of aromatic nitrogens is 2. The Kier molecular flexibility index (Phi) is 4.04. The van der Waals surface area contributed by atoms with E-state index in [0.717, 1.165) is 0 Å². The highest BCUT2D eigenvalue weighted by Crippen LogP contribution is 2.39. The van der Waals surface area contributed by atoms with E-state index in [-0.39, 0.29) is 12.6 Å². The molecule has 3 heterocycles. The summed E-state index contributed by atoms with van der Waals surface area (Å²) in [7, 11) is 0. The predicted octanol–water partition coefficient (Wildman–Crippen LogP) is -1.07. The zero-order valence-electron chi connectivity index (χ0n) is 12.5. The van der Waals surface area contributed by atoms with Gasteiger partial charge in [-0.2, -0.15) is 0 Å². The predicted molar refractivity (Wildman–Crippen MR) is 79.5 cm³/mol. The van der Waals surface area contributed by atoms with Crippen molar-refractivity contribution < 1.29 is 20.1 Å². The lowest BCUT2D eigenvalue weighted by Crippen LogP contribution is -2.44. The van der Waals surface area contributed by atoms with Gasteiger partial charge in [-0.25, -0.2) is 9.97 Å². The molecule has 1 aromatic heterocycles. The Balaban J connectivity index is 1.91. The highest BCUT2D eigenvalue weighted by molar-refractivity contribution is 5.82. The molecule has 0 saturated carbocycles. The van der Waals surface area contributed by atoms with Gasteiger partial charge in [-0.3, -0.25) is 0 Å². The summed E-state index contributed by atoms with van der Waals surface area (Å²) in [4.78, 5) is 10.2. The van der Waals surface area contributed by atoms with Gasteiger partial charge in [0.2, 0.25) is 0 Å². The van der Waals surface area contributed by atoms with Gasteiger partial charge in [0.1, 0.15) is 30.3 Å². The van der Waals surface area contributed by atoms with E-state index >= 15 is 0 Å². The van der Waals surface area contributed by atoms with Crippen molar-refractivity contribution in [3.63, 3.8) is 0 Å². The molecule has 1 saturated heterocycles. The molecule has 2 aliphatic rings. The maximum atomic E-state index is 10.2. The topological polar surface area (TPSA) is 123 Å². The molecule has 4 atom stereocenters. The van der Waals surface area contributed by atoms with Crippen molar-refractivity contribution in [2.24, 2.45) is 0 Å². The van der Waals surface area contributed by atoms with E-state index < -0.39 is 24.5 Å². The molecule has 9 nitrogen and oxygen atoms in total. The highest BCUT2D eigenvalue weighted by atomic mass is 16.6. The first-order chi connectivity index (χ1) is 10.5. The average molecular weight is 311 g/mol. The van der Waals surface area contributed by atoms with Gasteiger partial charge in [0.15, 0.2) is 17.9 Å². The van der Waals surface area contributed by atoms with Gasteiger partial charge in [0.05, 0.1) is 13.3 Å². The summed E-state index contributed by atoms with van der Waals surface area (Å²) in [5.74, 6) is 1.26. The average Bonchev–Trinajstić information content (AvgIpc) is 3.02. The summed E-state index contributed by atoms with van der Waals surface area (Å²) in [6, 6.07) is 0.173. The van der Waals surface area contributed by atoms with Gasteiger partial charge < -0.3 is 35.6 Å². The smallest absolute Gasteiger partial charge is 0.161 e. The molecule has 22 heavy (non-hydrogen) atoms. The number of anilines is 3. The fraction of sp³-hybridized carbons (Fsp3) is 0.692. The lowest BCUT2D eigenvalue weighted by molar-refractivity contribution is -0.0218. The van der Waals surface area contributed by atoms with Gasteiger partial charge in [-0.1, -0.05) is 0 Å². The van der Waals surface area contributed by atoms with Crippen LogP contribution in [0, 0.1) is 0 Å². The Morgan fingerprint density at radius 3 is 2.82 bits per heavy atom. The molecule has 9 heteroatoms. The van der Waals surface area contributed by atoms with E-state index in [2.05, 4.69) is 20.6 Å². The molecule has 122 valence electrons. The Morgan fingerprint density at radius 2 is 2.18 bits per heavy atom. The Morgan fingerprint density at radius 1 is 1.41 bits per heavy atom. The molecular formula is C13H21N5O4. The normalized spacial score (nSPS) is 30.5. The van der Waals surface area contributed by atoms with E-state index in [4.69, 9.17) is 4.74 Å². The monoisotopic (exact) mass is 311 g/mol. The first kappa shape index (κ1) is 15.2. The zero-order chi connectivity index (χ0) is 15.9. The molecule has 4 unspecified atom stereocenters. The molecule has 0 bridgehead atoms. The quantitative estimate of drug-likeness (QED) is 0.472. The van der Waals surface area contributed by atoms with Crippen LogP contribution < -0.4 is 15.5 Å². The van der Waals surface area contributed by atoms with Gasteiger partial charge in [-0.05, 0) is 13.8 Å². The molecular weight excluding hydrogens is 290 g/mol. The van der Waals surface area contributed by atoms with Gasteiger partial charge in [-0.15, -0.1) is 0 Å². The minimum absolute atomic E-state index is 0.173. The van der Waals surface area contributed by atoms with Crippen LogP contribution in [-0.4, -0.2) is 69.1 Å². The van der Waals surface area contributed by atoms with Crippen LogP contribution in [0.1, 0.15) is 13.8 Å². The lowest BCUT2D eigenvalue weighted by atomic mass is 10.1. The first-order valence-corrected chi connectivity index (χ1v) is 7.27. The van der Waals surface area contributed by atoms with Crippen LogP contribution in [-0.2, 0) is 4.74 Å². The van der Waals surface area contributed by atoms with Gasteiger partial charge >= 0.3 is 0 Å². The van der Waals surface area contributed by atoms with E-state index in [9.17, 15) is 15.3 Å². The second-order valence-electron chi connectivity index (χ2n) is 5.75. The Labute approximate surface area is 127 Å². The number of hydrogen-bond acceptors (Lipinski definition) is 9. The molecule has 0 aliphatic carbocycles. The van der Waals surface area contributed by atoms with E-state index in [1.807, 2.05) is 13.8 Å². The van der Waals surface area contributed by atoms with Gasteiger partial charge in [0.25, 0.3) is 0 Å². The summed E-state index contributed by atoms with van der Waals surface area (Å²) in [6.07, 6.45) is -2.39. The highest BCUT2D eigenvalue weighted by Gasteiger charge is 2.47. The second kappa shape index (κ2) is 5.84. The summed E-state index contributed by atoms with van der Waals surface area (Å²) in [6.45, 7) is 4.00. The third-order valence-electron chi connectivity index (χ3n) is 3.78. The largest absolute Gasteiger partial charge is 0.394 e. The molecule has 5 N–H and O–H groups in total. The fourth-order valence-electron chi connectivity index (χ4n) is 2.75. The van der Waals surface area contributed by atoms with Crippen LogP contribution in [0.3, 0.4) is 0 Å². The number of aliphatic hydroxyl groups excluding tert-OH is 3. The van der Waals surface area contributed by atoms with Crippen molar-refractivity contribution in [3.8, 4) is 0 Å². The van der Waals surface area contributed by atoms with Gasteiger partial charge in [0, 0.05) is 6.04 Å². The molecule has 3 rings (SSSR count). The molecule has 0 radical (unpaired) electrons. The fourth-order valence-corrected chi connectivity index (χ4v) is 2.75. The minimum atomic E-state index is -1.13. The van der Waals surface area contributed by atoms with Crippen LogP contribution in [0.25, 0.3) is 0 Å². The maximum Gasteiger partial charge on any atom is 0.161 e. The van der Waals surface area contributed by atoms with Crippen LogP contribution in [0.15, 0.2) is 6.33 Å². The van der Waals surface area contributed by atoms with Crippen molar-refractivity contribution in [2.75, 3.05) is 28.8 Å². The summed E-state index contributed by atoms with van der Waals surface area (Å²) in [5, 5.41) is 35.7. The number of aliphatic hydroxyl groups is 3. The molecule has 1 aromatic rings. The number of rotatable bonds is 4. The molecule has 0 spiro atoms. The second-order valence-corrected chi connectivity index (χ2v) is 5.75. The van der Waals surface area contributed by atoms with E-state index in [0.29, 0.717) is 24.0 Å². The standard InChI is InChI=1S/C13H21N5O4/c1-6(2)17-12-8-11(14-4-15-12)16-5-18(8)13-10(21)9(20)7(3-19)22-13/h4,6-7,9-10,13,19-21H,3,5H2,1-2H3,(H2,14,15,16,17). The third kappa shape index (κ3) is 2.45. The van der Waals surface area contributed by atoms with Crippen LogP contribution in [0.4, 0.5) is 17.3 Å². The Hall–Kier alpha value is -1.68. The number of fused-ring (bicyclic) bond motifs is 1. The summed E-state index contributed by atoms with van der Waals surface area (Å²) in [5.41, 5.74) is 0.686.